The first kappa shape index (κ1) is 33.9. The maximum atomic E-state index is 2.69. The lowest BCUT2D eigenvalue weighted by molar-refractivity contribution is 0.247. The van der Waals surface area contributed by atoms with Crippen LogP contribution in [-0.4, -0.2) is 0 Å². The largest absolute Gasteiger partial charge is 0.331 e. The molecule has 50 heavy (non-hydrogen) atoms. The van der Waals surface area contributed by atoms with Crippen LogP contribution >= 0.6 is 0 Å². The van der Waals surface area contributed by atoms with Crippen molar-refractivity contribution < 1.29 is 0 Å². The Bertz CT molecular complexity index is 2040. The zero-order valence-corrected chi connectivity index (χ0v) is 31.8. The fourth-order valence-electron chi connectivity index (χ4n) is 8.74. The lowest BCUT2D eigenvalue weighted by Gasteiger charge is -2.55. The first-order valence-electron chi connectivity index (χ1n) is 18.6. The maximum absolute atomic E-state index is 2.69. The number of aryl methyl sites for hydroxylation is 6. The molecule has 0 heterocycles. The molecule has 0 bridgehead atoms. The average Bonchev–Trinajstić information content (AvgIpc) is 3.09. The third kappa shape index (κ3) is 5.58. The molecule has 0 aromatic heterocycles. The minimum Gasteiger partial charge on any atom is -0.331 e. The average molecular weight is 659 g/mol. The lowest BCUT2D eigenvalue weighted by Crippen LogP contribution is -2.53. The molecular formula is C48H54N2. The monoisotopic (exact) mass is 658 g/mol. The Balaban J connectivity index is 1.56. The number of rotatable bonds is 6. The summed E-state index contributed by atoms with van der Waals surface area (Å²) in [6.45, 7) is 23.1. The van der Waals surface area contributed by atoms with Crippen molar-refractivity contribution in [3.8, 4) is 0 Å². The van der Waals surface area contributed by atoms with Crippen molar-refractivity contribution in [3.05, 3.63) is 165 Å². The van der Waals surface area contributed by atoms with Crippen molar-refractivity contribution in [2.24, 2.45) is 23.7 Å². The highest BCUT2D eigenvalue weighted by Crippen LogP contribution is 2.58. The van der Waals surface area contributed by atoms with Gasteiger partial charge in [0.2, 0.25) is 0 Å². The molecule has 2 nitrogen and oxygen atoms in total. The quantitative estimate of drug-likeness (QED) is 0.203. The molecule has 3 aliphatic carbocycles. The number of anilines is 3. The topological polar surface area (TPSA) is 6.48 Å². The predicted octanol–water partition coefficient (Wildman–Crippen LogP) is 12.8. The van der Waals surface area contributed by atoms with Gasteiger partial charge in [0.05, 0.1) is 11.2 Å². The van der Waals surface area contributed by atoms with Gasteiger partial charge in [-0.15, -0.1) is 0 Å². The van der Waals surface area contributed by atoms with E-state index in [0.717, 1.165) is 6.42 Å². The fraction of sp³-hybridized carbons (Fsp3) is 0.333. The smallest absolute Gasteiger partial charge is 0.0752 e. The summed E-state index contributed by atoms with van der Waals surface area (Å²) in [4.78, 5) is 5.27. The van der Waals surface area contributed by atoms with Gasteiger partial charge in [-0.2, -0.15) is 0 Å². The van der Waals surface area contributed by atoms with Gasteiger partial charge in [0.15, 0.2) is 0 Å². The van der Waals surface area contributed by atoms with Gasteiger partial charge in [-0.25, -0.2) is 0 Å². The normalized spacial score (nSPS) is 24.1. The summed E-state index contributed by atoms with van der Waals surface area (Å²) in [7, 11) is 0. The molecule has 5 unspecified atom stereocenters. The van der Waals surface area contributed by atoms with E-state index in [9.17, 15) is 0 Å². The van der Waals surface area contributed by atoms with Gasteiger partial charge in [-0.3, -0.25) is 0 Å². The summed E-state index contributed by atoms with van der Waals surface area (Å²) in [5.74, 6) is 1.59. The van der Waals surface area contributed by atoms with Gasteiger partial charge >= 0.3 is 0 Å². The van der Waals surface area contributed by atoms with E-state index < -0.39 is 0 Å². The van der Waals surface area contributed by atoms with Crippen LogP contribution in [0.2, 0.25) is 0 Å². The Morgan fingerprint density at radius 3 is 1.76 bits per heavy atom. The second kappa shape index (κ2) is 13.0. The Hall–Kier alpha value is -4.56. The number of allylic oxidation sites excluding steroid dienone is 5. The zero-order valence-electron chi connectivity index (χ0n) is 31.8. The third-order valence-corrected chi connectivity index (χ3v) is 12.3. The Morgan fingerprint density at radius 2 is 1.18 bits per heavy atom. The van der Waals surface area contributed by atoms with Gasteiger partial charge < -0.3 is 9.80 Å². The minimum atomic E-state index is -0.379. The van der Waals surface area contributed by atoms with Crippen LogP contribution in [0.25, 0.3) is 5.70 Å². The number of fused-ring (bicyclic) bond motifs is 2. The number of hydrogen-bond donors (Lipinski definition) is 0. The van der Waals surface area contributed by atoms with Crippen LogP contribution in [-0.2, 0) is 5.54 Å². The Kier molecular flexibility index (Phi) is 8.79. The molecule has 256 valence electrons. The molecule has 5 atom stereocenters. The summed E-state index contributed by atoms with van der Waals surface area (Å²) in [5.41, 5.74) is 17.9. The van der Waals surface area contributed by atoms with Gasteiger partial charge in [0, 0.05) is 34.2 Å². The zero-order chi connectivity index (χ0) is 35.5. The number of benzene rings is 4. The highest BCUT2D eigenvalue weighted by molar-refractivity contribution is 5.91. The summed E-state index contributed by atoms with van der Waals surface area (Å²) >= 11 is 0. The van der Waals surface area contributed by atoms with Crippen molar-refractivity contribution in [2.75, 3.05) is 9.80 Å². The van der Waals surface area contributed by atoms with Crippen molar-refractivity contribution in [3.63, 3.8) is 0 Å². The second-order valence-electron chi connectivity index (χ2n) is 15.7. The van der Waals surface area contributed by atoms with E-state index >= 15 is 0 Å². The van der Waals surface area contributed by atoms with Gasteiger partial charge in [-0.1, -0.05) is 87.5 Å². The molecule has 0 amide bonds. The van der Waals surface area contributed by atoms with Gasteiger partial charge in [0.25, 0.3) is 0 Å². The molecule has 0 saturated heterocycles. The van der Waals surface area contributed by atoms with E-state index in [0.29, 0.717) is 17.8 Å². The summed E-state index contributed by atoms with van der Waals surface area (Å²) in [6, 6.07) is 30.4. The van der Waals surface area contributed by atoms with E-state index in [4.69, 9.17) is 0 Å². The first-order valence-corrected chi connectivity index (χ1v) is 18.6. The van der Waals surface area contributed by atoms with Crippen LogP contribution < -0.4 is 9.80 Å². The van der Waals surface area contributed by atoms with Crippen molar-refractivity contribution >= 4 is 22.8 Å². The molecule has 2 heteroatoms. The standard InChI is InChI=1S/C48H54N2/c1-30-18-22-39(26-35(30)6)49(40-23-19-31(2)36(7)27-40)47-43-15-11-12-17-45(43)48(10,46-34(5)14-13-16-44(46)47)50(41-24-20-32(3)37(8)28-41)42-25-21-33(4)38(9)29-42/h11-13,15-30,34-35,46H,14H2,1-10H3. The Morgan fingerprint density at radius 1 is 0.620 bits per heavy atom. The number of hydrogen-bond acceptors (Lipinski definition) is 2. The number of nitrogens with zero attached hydrogens (tertiary/aromatic N) is 2. The van der Waals surface area contributed by atoms with Crippen LogP contribution in [0.5, 0.6) is 0 Å². The van der Waals surface area contributed by atoms with Crippen LogP contribution in [0.15, 0.2) is 121 Å². The first-order chi connectivity index (χ1) is 23.9. The summed E-state index contributed by atoms with van der Waals surface area (Å²) in [6.07, 6.45) is 13.2. The predicted molar refractivity (Wildman–Crippen MR) is 215 cm³/mol. The summed E-state index contributed by atoms with van der Waals surface area (Å²) in [5, 5.41) is 0. The van der Waals surface area contributed by atoms with E-state index in [-0.39, 0.29) is 11.5 Å². The van der Waals surface area contributed by atoms with Crippen molar-refractivity contribution in [2.45, 2.75) is 81.2 Å². The van der Waals surface area contributed by atoms with E-state index in [1.54, 1.807) is 0 Å². The highest BCUT2D eigenvalue weighted by Gasteiger charge is 2.52. The lowest BCUT2D eigenvalue weighted by atomic mass is 9.60. The van der Waals surface area contributed by atoms with Gasteiger partial charge in [-0.05, 0) is 160 Å². The van der Waals surface area contributed by atoms with Crippen LogP contribution in [0.3, 0.4) is 0 Å². The third-order valence-electron chi connectivity index (χ3n) is 12.3. The molecule has 4 aromatic carbocycles. The molecule has 3 aliphatic rings. The molecule has 4 aromatic rings. The van der Waals surface area contributed by atoms with Crippen LogP contribution in [0, 0.1) is 65.2 Å². The van der Waals surface area contributed by atoms with Crippen LogP contribution in [0.4, 0.5) is 17.1 Å². The molecule has 0 fully saturated rings. The molecule has 0 saturated carbocycles. The molecule has 0 radical (unpaired) electrons. The SMILES string of the molecule is Cc1ccc(N(C2=CC(C)C(C)C=C2)C2=C3C=CCC(C)C3C(C)(N(c3ccc(C)c(C)c3)c3ccc(C)c(C)c3)c3ccccc32)cc1C. The fourth-order valence-corrected chi connectivity index (χ4v) is 8.74. The molecule has 7 rings (SSSR count). The van der Waals surface area contributed by atoms with Crippen molar-refractivity contribution in [1.82, 2.24) is 0 Å². The van der Waals surface area contributed by atoms with Crippen molar-refractivity contribution in [1.29, 1.82) is 0 Å². The minimum absolute atomic E-state index is 0.221. The van der Waals surface area contributed by atoms with Gasteiger partial charge in [0.1, 0.15) is 0 Å². The van der Waals surface area contributed by atoms with E-state index in [1.807, 2.05) is 0 Å². The molecule has 0 spiro atoms. The Labute approximate surface area is 301 Å². The second-order valence-corrected chi connectivity index (χ2v) is 15.7. The van der Waals surface area contributed by atoms with E-state index in [2.05, 4.69) is 188 Å². The molecular weight excluding hydrogens is 605 g/mol. The molecule has 0 N–H and O–H groups in total. The van der Waals surface area contributed by atoms with Crippen LogP contribution in [0.1, 0.15) is 78.6 Å². The molecule has 0 aliphatic heterocycles. The highest BCUT2D eigenvalue weighted by atomic mass is 15.2. The maximum Gasteiger partial charge on any atom is 0.0752 e. The summed E-state index contributed by atoms with van der Waals surface area (Å²) < 4.78 is 0. The van der Waals surface area contributed by atoms with E-state index in [1.165, 1.54) is 78.5 Å².